The van der Waals surface area contributed by atoms with E-state index in [2.05, 4.69) is 18.0 Å². The highest BCUT2D eigenvalue weighted by Crippen LogP contribution is 2.36. The van der Waals surface area contributed by atoms with Gasteiger partial charge in [0.2, 0.25) is 0 Å². The van der Waals surface area contributed by atoms with E-state index >= 15 is 0 Å². The van der Waals surface area contributed by atoms with Crippen LogP contribution in [0.15, 0.2) is 36.7 Å². The molecular weight excluding hydrogens is 238 g/mol. The van der Waals surface area contributed by atoms with Gasteiger partial charge in [-0.15, -0.1) is 0 Å². The lowest BCUT2D eigenvalue weighted by Crippen LogP contribution is -1.98. The fourth-order valence-corrected chi connectivity index (χ4v) is 2.09. The first kappa shape index (κ1) is 13.4. The van der Waals surface area contributed by atoms with Gasteiger partial charge in [0.25, 0.3) is 0 Å². The minimum absolute atomic E-state index is 0.642. The second-order valence-electron chi connectivity index (χ2n) is 4.19. The number of pyridine rings is 1. The first-order chi connectivity index (χ1) is 9.30. The summed E-state index contributed by atoms with van der Waals surface area (Å²) in [7, 11) is 1.70. The van der Waals surface area contributed by atoms with Gasteiger partial charge in [0, 0.05) is 23.5 Å². The van der Waals surface area contributed by atoms with Crippen molar-refractivity contribution in [2.24, 2.45) is 0 Å². The Morgan fingerprint density at radius 3 is 2.58 bits per heavy atom. The van der Waals surface area contributed by atoms with E-state index in [0.717, 1.165) is 34.6 Å². The molecule has 1 heterocycles. The SMILES string of the molecule is CCOc1cc(CC)c(OC)cc1-c1cccnc1. The van der Waals surface area contributed by atoms with Gasteiger partial charge < -0.3 is 9.47 Å². The van der Waals surface area contributed by atoms with Gasteiger partial charge in [-0.05, 0) is 37.1 Å². The van der Waals surface area contributed by atoms with Crippen molar-refractivity contribution in [2.75, 3.05) is 13.7 Å². The van der Waals surface area contributed by atoms with Crippen molar-refractivity contribution in [1.29, 1.82) is 0 Å². The Kier molecular flexibility index (Phi) is 4.39. The molecule has 0 spiro atoms. The fraction of sp³-hybridized carbons (Fsp3) is 0.312. The molecule has 0 atom stereocenters. The maximum Gasteiger partial charge on any atom is 0.127 e. The lowest BCUT2D eigenvalue weighted by molar-refractivity contribution is 0.339. The molecule has 0 bridgehead atoms. The summed E-state index contributed by atoms with van der Waals surface area (Å²) in [6.45, 7) is 4.74. The number of rotatable bonds is 5. The molecule has 2 aromatic rings. The predicted molar refractivity (Wildman–Crippen MR) is 76.8 cm³/mol. The molecule has 0 radical (unpaired) electrons. The van der Waals surface area contributed by atoms with E-state index in [4.69, 9.17) is 9.47 Å². The molecule has 0 fully saturated rings. The molecule has 0 N–H and O–H groups in total. The third kappa shape index (κ3) is 2.87. The van der Waals surface area contributed by atoms with Crippen LogP contribution in [-0.4, -0.2) is 18.7 Å². The van der Waals surface area contributed by atoms with E-state index in [0.29, 0.717) is 6.61 Å². The zero-order chi connectivity index (χ0) is 13.7. The third-order valence-corrected chi connectivity index (χ3v) is 3.04. The smallest absolute Gasteiger partial charge is 0.127 e. The van der Waals surface area contributed by atoms with E-state index in [-0.39, 0.29) is 0 Å². The molecule has 1 aromatic carbocycles. The Morgan fingerprint density at radius 1 is 1.16 bits per heavy atom. The summed E-state index contributed by atoms with van der Waals surface area (Å²) in [6, 6.07) is 8.03. The van der Waals surface area contributed by atoms with Crippen LogP contribution in [0.3, 0.4) is 0 Å². The summed E-state index contributed by atoms with van der Waals surface area (Å²) < 4.78 is 11.2. The topological polar surface area (TPSA) is 31.4 Å². The molecule has 19 heavy (non-hydrogen) atoms. The number of hydrogen-bond donors (Lipinski definition) is 0. The zero-order valence-corrected chi connectivity index (χ0v) is 11.6. The van der Waals surface area contributed by atoms with Crippen LogP contribution >= 0.6 is 0 Å². The van der Waals surface area contributed by atoms with Crippen molar-refractivity contribution in [2.45, 2.75) is 20.3 Å². The van der Waals surface area contributed by atoms with Gasteiger partial charge in [-0.2, -0.15) is 0 Å². The number of methoxy groups -OCH3 is 1. The molecule has 2 rings (SSSR count). The van der Waals surface area contributed by atoms with Crippen molar-refractivity contribution in [3.63, 3.8) is 0 Å². The van der Waals surface area contributed by atoms with Crippen molar-refractivity contribution in [3.05, 3.63) is 42.2 Å². The molecule has 1 aromatic heterocycles. The van der Waals surface area contributed by atoms with E-state index in [9.17, 15) is 0 Å². The predicted octanol–water partition coefficient (Wildman–Crippen LogP) is 3.72. The first-order valence-corrected chi connectivity index (χ1v) is 6.54. The highest BCUT2D eigenvalue weighted by atomic mass is 16.5. The number of nitrogens with zero attached hydrogens (tertiary/aromatic N) is 1. The Balaban J connectivity index is 2.57. The van der Waals surface area contributed by atoms with Gasteiger partial charge in [0.15, 0.2) is 0 Å². The number of benzene rings is 1. The van der Waals surface area contributed by atoms with Crippen LogP contribution in [0.2, 0.25) is 0 Å². The summed E-state index contributed by atoms with van der Waals surface area (Å²) in [6.07, 6.45) is 4.51. The molecule has 3 nitrogen and oxygen atoms in total. The second kappa shape index (κ2) is 6.23. The van der Waals surface area contributed by atoms with Crippen LogP contribution in [0.5, 0.6) is 11.5 Å². The lowest BCUT2D eigenvalue weighted by Gasteiger charge is -2.15. The van der Waals surface area contributed by atoms with Gasteiger partial charge in [-0.25, -0.2) is 0 Å². The van der Waals surface area contributed by atoms with Crippen LogP contribution in [0.1, 0.15) is 19.4 Å². The summed E-state index contributed by atoms with van der Waals surface area (Å²) in [5.41, 5.74) is 3.20. The Labute approximate surface area is 114 Å². The number of aryl methyl sites for hydroxylation is 1. The van der Waals surface area contributed by atoms with Crippen LogP contribution in [0.25, 0.3) is 11.1 Å². The van der Waals surface area contributed by atoms with E-state index in [1.807, 2.05) is 31.3 Å². The number of hydrogen-bond acceptors (Lipinski definition) is 3. The number of ether oxygens (including phenoxy) is 2. The largest absolute Gasteiger partial charge is 0.496 e. The van der Waals surface area contributed by atoms with Crippen molar-refractivity contribution >= 4 is 0 Å². The van der Waals surface area contributed by atoms with Crippen molar-refractivity contribution in [1.82, 2.24) is 4.98 Å². The normalized spacial score (nSPS) is 10.3. The summed E-state index contributed by atoms with van der Waals surface area (Å²) in [5, 5.41) is 0. The molecule has 3 heteroatoms. The zero-order valence-electron chi connectivity index (χ0n) is 11.6. The quantitative estimate of drug-likeness (QED) is 0.818. The number of aromatic nitrogens is 1. The Hall–Kier alpha value is -2.03. The molecular formula is C16H19NO2. The monoisotopic (exact) mass is 257 g/mol. The fourth-order valence-electron chi connectivity index (χ4n) is 2.09. The second-order valence-corrected chi connectivity index (χ2v) is 4.19. The Morgan fingerprint density at radius 2 is 2.00 bits per heavy atom. The maximum atomic E-state index is 5.75. The first-order valence-electron chi connectivity index (χ1n) is 6.54. The van der Waals surface area contributed by atoms with Gasteiger partial charge in [-0.1, -0.05) is 13.0 Å². The molecule has 0 saturated heterocycles. The van der Waals surface area contributed by atoms with Gasteiger partial charge in [0.1, 0.15) is 11.5 Å². The van der Waals surface area contributed by atoms with E-state index in [1.54, 1.807) is 13.3 Å². The van der Waals surface area contributed by atoms with E-state index in [1.165, 1.54) is 0 Å². The summed E-state index contributed by atoms with van der Waals surface area (Å²) in [4.78, 5) is 4.16. The Bertz CT molecular complexity index is 538. The molecule has 100 valence electrons. The van der Waals surface area contributed by atoms with Crippen molar-refractivity contribution in [3.8, 4) is 22.6 Å². The average molecular weight is 257 g/mol. The minimum atomic E-state index is 0.642. The lowest BCUT2D eigenvalue weighted by atomic mass is 10.0. The molecule has 0 unspecified atom stereocenters. The molecule has 0 aliphatic heterocycles. The maximum absolute atomic E-state index is 5.75. The highest BCUT2D eigenvalue weighted by molar-refractivity contribution is 5.72. The summed E-state index contributed by atoms with van der Waals surface area (Å²) >= 11 is 0. The van der Waals surface area contributed by atoms with Crippen LogP contribution in [0.4, 0.5) is 0 Å². The summed E-state index contributed by atoms with van der Waals surface area (Å²) in [5.74, 6) is 1.78. The molecule has 0 aliphatic carbocycles. The highest BCUT2D eigenvalue weighted by Gasteiger charge is 2.12. The van der Waals surface area contributed by atoms with Gasteiger partial charge in [0.05, 0.1) is 13.7 Å². The van der Waals surface area contributed by atoms with E-state index < -0.39 is 0 Å². The van der Waals surface area contributed by atoms with Gasteiger partial charge >= 0.3 is 0 Å². The molecule has 0 saturated carbocycles. The standard InChI is InChI=1S/C16H19NO2/c1-4-12-9-16(19-5-2)14(10-15(12)18-3)13-7-6-8-17-11-13/h6-11H,4-5H2,1-3H3. The van der Waals surface area contributed by atoms with Crippen molar-refractivity contribution < 1.29 is 9.47 Å². The van der Waals surface area contributed by atoms with Gasteiger partial charge in [-0.3, -0.25) is 4.98 Å². The van der Waals surface area contributed by atoms with Crippen LogP contribution in [-0.2, 0) is 6.42 Å². The van der Waals surface area contributed by atoms with Crippen LogP contribution in [0, 0.1) is 0 Å². The third-order valence-electron chi connectivity index (χ3n) is 3.04. The molecule has 0 amide bonds. The average Bonchev–Trinajstić information content (AvgIpc) is 2.48. The molecule has 0 aliphatic rings. The van der Waals surface area contributed by atoms with Crippen LogP contribution < -0.4 is 9.47 Å². The minimum Gasteiger partial charge on any atom is -0.496 e.